The summed E-state index contributed by atoms with van der Waals surface area (Å²) in [6.07, 6.45) is 5.19. The molecule has 4 rings (SSSR count). The van der Waals surface area contributed by atoms with Gasteiger partial charge in [-0.15, -0.1) is 0 Å². The predicted octanol–water partition coefficient (Wildman–Crippen LogP) is 4.43. The van der Waals surface area contributed by atoms with Gasteiger partial charge in [0.25, 0.3) is 20.2 Å². The molecule has 14 nitrogen and oxygen atoms in total. The van der Waals surface area contributed by atoms with Crippen molar-refractivity contribution < 1.29 is 44.9 Å². The van der Waals surface area contributed by atoms with Crippen LogP contribution >= 0.6 is 0 Å². The van der Waals surface area contributed by atoms with Crippen LogP contribution in [0.5, 0.6) is 23.0 Å². The molecular weight excluding hydrogens is 665 g/mol. The van der Waals surface area contributed by atoms with E-state index in [-0.39, 0.29) is 0 Å². The van der Waals surface area contributed by atoms with E-state index in [1.165, 1.54) is 0 Å². The van der Waals surface area contributed by atoms with E-state index in [4.69, 9.17) is 28.1 Å². The van der Waals surface area contributed by atoms with Gasteiger partial charge in [-0.05, 0) is 48.5 Å². The number of pyridine rings is 2. The van der Waals surface area contributed by atoms with Crippen molar-refractivity contribution >= 4 is 31.6 Å². The third kappa shape index (κ3) is 12.9. The lowest BCUT2D eigenvalue weighted by Gasteiger charge is -2.25. The monoisotopic (exact) mass is 706 g/mol. The first-order chi connectivity index (χ1) is 22.5. The van der Waals surface area contributed by atoms with E-state index in [0.717, 1.165) is 47.0 Å². The molecule has 0 spiro atoms. The van der Waals surface area contributed by atoms with Crippen LogP contribution in [-0.2, 0) is 20.2 Å². The first-order valence-electron chi connectivity index (χ1n) is 14.1. The van der Waals surface area contributed by atoms with Crippen LogP contribution in [0.1, 0.15) is 0 Å². The van der Waals surface area contributed by atoms with E-state index in [1.807, 2.05) is 60.9 Å². The molecule has 0 fully saturated rings. The number of aromatic nitrogens is 2. The highest BCUT2D eigenvalue weighted by Crippen LogP contribution is 2.38. The van der Waals surface area contributed by atoms with Gasteiger partial charge in [0.1, 0.15) is 0 Å². The Labute approximate surface area is 282 Å². The van der Waals surface area contributed by atoms with Gasteiger partial charge in [-0.25, -0.2) is 0 Å². The fourth-order valence-electron chi connectivity index (χ4n) is 4.28. The zero-order valence-electron chi connectivity index (χ0n) is 28.1. The maximum atomic E-state index is 9.19. The minimum absolute atomic E-state index is 0.676. The molecule has 0 saturated carbocycles. The van der Waals surface area contributed by atoms with E-state index in [2.05, 4.69) is 46.0 Å². The van der Waals surface area contributed by atoms with Crippen LogP contribution in [-0.4, -0.2) is 104 Å². The van der Waals surface area contributed by atoms with Crippen LogP contribution in [0.15, 0.2) is 73.1 Å². The standard InChI is InChI=1S/C30H34N4O4.2CH4O3S/c1-33(21-13-15-25(31-19-21)23-9-7-11-27(35-3)29(23)37-5)17-18-34(2)22-14-16-26(32-20-22)24-10-8-12-28(36-4)30(24)38-6;2*1-5(2,3)4/h7-16,19-20H,17-18H2,1-6H3;2*1H3,(H,2,3,4). The summed E-state index contributed by atoms with van der Waals surface area (Å²) in [6.45, 7) is 1.62. The Morgan fingerprint density at radius 1 is 0.583 bits per heavy atom. The number of hydrogen-bond donors (Lipinski definition) is 2. The van der Waals surface area contributed by atoms with E-state index < -0.39 is 20.2 Å². The van der Waals surface area contributed by atoms with E-state index in [9.17, 15) is 16.8 Å². The molecule has 0 unspecified atom stereocenters. The second-order valence-corrected chi connectivity index (χ2v) is 13.1. The van der Waals surface area contributed by atoms with Crippen LogP contribution in [0.2, 0.25) is 0 Å². The van der Waals surface area contributed by atoms with Crippen LogP contribution in [0.4, 0.5) is 11.4 Å². The van der Waals surface area contributed by atoms with Crippen molar-refractivity contribution in [3.8, 4) is 45.5 Å². The Morgan fingerprint density at radius 2 is 0.917 bits per heavy atom. The molecule has 0 saturated heterocycles. The summed E-state index contributed by atoms with van der Waals surface area (Å²) in [6, 6.07) is 19.7. The number of para-hydroxylation sites is 2. The van der Waals surface area contributed by atoms with Gasteiger partial charge in [-0.3, -0.25) is 19.1 Å². The van der Waals surface area contributed by atoms with Gasteiger partial charge in [0.2, 0.25) is 0 Å². The Bertz CT molecular complexity index is 1670. The molecule has 2 aromatic carbocycles. The molecule has 48 heavy (non-hydrogen) atoms. The molecule has 0 bridgehead atoms. The quantitative estimate of drug-likeness (QED) is 0.209. The van der Waals surface area contributed by atoms with Gasteiger partial charge < -0.3 is 28.7 Å². The molecule has 2 heterocycles. The van der Waals surface area contributed by atoms with Crippen LogP contribution in [0, 0.1) is 0 Å². The van der Waals surface area contributed by atoms with Crippen LogP contribution in [0.25, 0.3) is 22.5 Å². The molecule has 0 aliphatic heterocycles. The molecule has 0 radical (unpaired) electrons. The molecule has 4 aromatic rings. The van der Waals surface area contributed by atoms with Crippen molar-refractivity contribution in [2.75, 3.05) is 77.9 Å². The summed E-state index contributed by atoms with van der Waals surface area (Å²) < 4.78 is 73.7. The summed E-state index contributed by atoms with van der Waals surface area (Å²) in [5.74, 6) is 2.71. The highest BCUT2D eigenvalue weighted by atomic mass is 32.2. The first-order valence-corrected chi connectivity index (χ1v) is 17.8. The summed E-state index contributed by atoms with van der Waals surface area (Å²) in [5, 5.41) is 0. The van der Waals surface area contributed by atoms with Gasteiger partial charge >= 0.3 is 0 Å². The fraction of sp³-hybridized carbons (Fsp3) is 0.312. The van der Waals surface area contributed by atoms with Gasteiger partial charge in [-0.2, -0.15) is 16.8 Å². The number of ether oxygens (including phenoxy) is 4. The zero-order chi connectivity index (χ0) is 36.1. The highest BCUT2D eigenvalue weighted by Gasteiger charge is 2.15. The number of hydrogen-bond acceptors (Lipinski definition) is 12. The lowest BCUT2D eigenvalue weighted by atomic mass is 10.1. The lowest BCUT2D eigenvalue weighted by Crippen LogP contribution is -2.30. The van der Waals surface area contributed by atoms with Crippen molar-refractivity contribution in [3.05, 3.63) is 73.1 Å². The van der Waals surface area contributed by atoms with Crippen LogP contribution in [0.3, 0.4) is 0 Å². The number of rotatable bonds is 11. The topological polar surface area (TPSA) is 178 Å². The molecule has 0 amide bonds. The number of methoxy groups -OCH3 is 4. The third-order valence-electron chi connectivity index (χ3n) is 6.51. The average molecular weight is 707 g/mol. The van der Waals surface area contributed by atoms with Crippen molar-refractivity contribution in [1.29, 1.82) is 0 Å². The van der Waals surface area contributed by atoms with E-state index >= 15 is 0 Å². The van der Waals surface area contributed by atoms with Crippen molar-refractivity contribution in [3.63, 3.8) is 0 Å². The minimum Gasteiger partial charge on any atom is -0.493 e. The smallest absolute Gasteiger partial charge is 0.261 e. The summed E-state index contributed by atoms with van der Waals surface area (Å²) in [5.41, 5.74) is 5.50. The number of anilines is 2. The maximum Gasteiger partial charge on any atom is 0.261 e. The van der Waals surface area contributed by atoms with E-state index in [0.29, 0.717) is 35.5 Å². The molecule has 2 N–H and O–H groups in total. The van der Waals surface area contributed by atoms with Crippen molar-refractivity contribution in [1.82, 2.24) is 9.97 Å². The second-order valence-electron chi connectivity index (χ2n) is 10.2. The zero-order valence-corrected chi connectivity index (χ0v) is 29.7. The average Bonchev–Trinajstić information content (AvgIpc) is 3.04. The summed E-state index contributed by atoms with van der Waals surface area (Å²) >= 11 is 0. The number of nitrogens with zero attached hydrogens (tertiary/aromatic N) is 4. The minimum atomic E-state index is -3.67. The molecule has 16 heteroatoms. The third-order valence-corrected chi connectivity index (χ3v) is 6.51. The lowest BCUT2D eigenvalue weighted by molar-refractivity contribution is 0.356. The second kappa shape index (κ2) is 18.1. The van der Waals surface area contributed by atoms with Crippen LogP contribution < -0.4 is 28.7 Å². The maximum absolute atomic E-state index is 9.19. The number of benzene rings is 2. The molecule has 262 valence electrons. The van der Waals surface area contributed by atoms with E-state index in [1.54, 1.807) is 28.4 Å². The van der Waals surface area contributed by atoms with Crippen molar-refractivity contribution in [2.24, 2.45) is 0 Å². The molecular formula is C32H42N4O10S2. The Morgan fingerprint density at radius 3 is 1.17 bits per heavy atom. The molecule has 0 atom stereocenters. The molecule has 0 aliphatic rings. The highest BCUT2D eigenvalue weighted by molar-refractivity contribution is 7.85. The Balaban J connectivity index is 0.000000700. The largest absolute Gasteiger partial charge is 0.493 e. The Kier molecular flexibility index (Phi) is 14.9. The SMILES string of the molecule is COc1cccc(-c2ccc(N(C)CCN(C)c3ccc(-c4cccc(OC)c4OC)nc3)cn2)c1OC.CS(=O)(=O)O.CS(=O)(=O)O. The fourth-order valence-corrected chi connectivity index (χ4v) is 4.28. The first kappa shape index (κ1) is 39.5. The molecule has 0 aliphatic carbocycles. The van der Waals surface area contributed by atoms with Gasteiger partial charge in [0.05, 0.1) is 76.1 Å². The van der Waals surface area contributed by atoms with Gasteiger partial charge in [0.15, 0.2) is 23.0 Å². The Hall–Kier alpha value is -4.64. The normalized spacial score (nSPS) is 10.8. The number of likely N-dealkylation sites (N-methyl/N-ethyl adjacent to an activating group) is 2. The summed E-state index contributed by atoms with van der Waals surface area (Å²) in [7, 11) is 3.33. The van der Waals surface area contributed by atoms with Crippen molar-refractivity contribution in [2.45, 2.75) is 0 Å². The predicted molar refractivity (Wildman–Crippen MR) is 187 cm³/mol. The summed E-state index contributed by atoms with van der Waals surface area (Å²) in [4.78, 5) is 13.7. The van der Waals surface area contributed by atoms with Gasteiger partial charge in [-0.1, -0.05) is 12.1 Å². The van der Waals surface area contributed by atoms with Gasteiger partial charge in [0, 0.05) is 38.3 Å². The molecule has 2 aromatic heterocycles.